The van der Waals surface area contributed by atoms with E-state index in [-0.39, 0.29) is 19.1 Å². The average Bonchev–Trinajstić information content (AvgIpc) is 3.24. The van der Waals surface area contributed by atoms with Crippen LogP contribution in [0.3, 0.4) is 0 Å². The number of anilines is 1. The molecule has 1 aliphatic heterocycles. The van der Waals surface area contributed by atoms with Gasteiger partial charge >= 0.3 is 5.97 Å². The number of methoxy groups -OCH3 is 1. The molecule has 0 fully saturated rings. The van der Waals surface area contributed by atoms with Gasteiger partial charge in [0.05, 0.1) is 19.0 Å². The molecule has 1 aliphatic rings. The Labute approximate surface area is 190 Å². The van der Waals surface area contributed by atoms with Gasteiger partial charge in [-0.2, -0.15) is 0 Å². The lowest BCUT2D eigenvalue weighted by molar-refractivity contribution is -0.142. The van der Waals surface area contributed by atoms with Crippen LogP contribution in [0.25, 0.3) is 11.4 Å². The third-order valence-corrected chi connectivity index (χ3v) is 6.28. The number of hydrogen-bond donors (Lipinski definition) is 1. The standard InChI is InChI=1S/C23H24N4O4S/c1-3-31-20(28)14-27-18-7-5-4-6-15(18)10-13-19(22(27)29)32-23-24-21(25-26-23)16-8-11-17(30-2)12-9-16/h4-9,11-12,19H,3,10,13-14H2,1-2H3,(H,24,25,26). The van der Waals surface area contributed by atoms with Crippen molar-refractivity contribution in [2.24, 2.45) is 0 Å². The second kappa shape index (κ2) is 9.86. The highest BCUT2D eigenvalue weighted by molar-refractivity contribution is 8.00. The van der Waals surface area contributed by atoms with Crippen molar-refractivity contribution in [3.8, 4) is 17.1 Å². The van der Waals surface area contributed by atoms with Crippen LogP contribution in [0.1, 0.15) is 18.9 Å². The summed E-state index contributed by atoms with van der Waals surface area (Å²) in [6.07, 6.45) is 1.33. The first-order valence-electron chi connectivity index (χ1n) is 10.4. The molecule has 1 N–H and O–H groups in total. The fourth-order valence-corrected chi connectivity index (χ4v) is 4.56. The van der Waals surface area contributed by atoms with Crippen molar-refractivity contribution in [3.05, 3.63) is 54.1 Å². The minimum atomic E-state index is -0.430. The number of esters is 1. The maximum atomic E-state index is 13.4. The van der Waals surface area contributed by atoms with Crippen LogP contribution in [0, 0.1) is 0 Å². The summed E-state index contributed by atoms with van der Waals surface area (Å²) >= 11 is 1.30. The molecule has 3 aromatic rings. The summed E-state index contributed by atoms with van der Waals surface area (Å²) < 4.78 is 10.3. The van der Waals surface area contributed by atoms with Crippen molar-refractivity contribution in [2.45, 2.75) is 30.2 Å². The fraction of sp³-hybridized carbons (Fsp3) is 0.304. The number of aromatic nitrogens is 3. The van der Waals surface area contributed by atoms with Gasteiger partial charge in [0.25, 0.3) is 0 Å². The van der Waals surface area contributed by atoms with E-state index in [1.807, 2.05) is 48.5 Å². The molecule has 1 unspecified atom stereocenters. The van der Waals surface area contributed by atoms with Crippen LogP contribution >= 0.6 is 11.8 Å². The molecule has 32 heavy (non-hydrogen) atoms. The van der Waals surface area contributed by atoms with Crippen molar-refractivity contribution in [3.63, 3.8) is 0 Å². The number of benzene rings is 2. The third kappa shape index (κ3) is 4.77. The van der Waals surface area contributed by atoms with Crippen LogP contribution in [0.4, 0.5) is 5.69 Å². The summed E-state index contributed by atoms with van der Waals surface area (Å²) in [5.41, 5.74) is 2.65. The molecule has 0 saturated heterocycles. The lowest BCUT2D eigenvalue weighted by atomic mass is 10.1. The predicted molar refractivity (Wildman–Crippen MR) is 122 cm³/mol. The summed E-state index contributed by atoms with van der Waals surface area (Å²) in [5.74, 6) is 0.792. The molecular formula is C23H24N4O4S. The van der Waals surface area contributed by atoms with Crippen molar-refractivity contribution >= 4 is 29.3 Å². The van der Waals surface area contributed by atoms with E-state index in [0.29, 0.717) is 23.8 Å². The zero-order valence-electron chi connectivity index (χ0n) is 17.9. The molecule has 4 rings (SSSR count). The predicted octanol–water partition coefficient (Wildman–Crippen LogP) is 3.48. The van der Waals surface area contributed by atoms with Crippen LogP contribution in [-0.4, -0.2) is 52.6 Å². The molecule has 1 atom stereocenters. The quantitative estimate of drug-likeness (QED) is 0.548. The first-order chi connectivity index (χ1) is 15.6. The number of carbonyl (C=O) groups excluding carboxylic acids is 2. The third-order valence-electron chi connectivity index (χ3n) is 5.17. The zero-order chi connectivity index (χ0) is 22.5. The number of aryl methyl sites for hydroxylation is 1. The molecular weight excluding hydrogens is 428 g/mol. The van der Waals surface area contributed by atoms with Crippen molar-refractivity contribution in [1.29, 1.82) is 0 Å². The van der Waals surface area contributed by atoms with E-state index >= 15 is 0 Å². The van der Waals surface area contributed by atoms with Gasteiger partial charge < -0.3 is 9.47 Å². The second-order valence-electron chi connectivity index (χ2n) is 7.20. The van der Waals surface area contributed by atoms with Crippen LogP contribution in [0.2, 0.25) is 0 Å². The van der Waals surface area contributed by atoms with E-state index in [1.165, 1.54) is 16.7 Å². The van der Waals surface area contributed by atoms with Crippen LogP contribution in [-0.2, 0) is 20.7 Å². The maximum absolute atomic E-state index is 13.4. The summed E-state index contributed by atoms with van der Waals surface area (Å²) in [6.45, 7) is 1.90. The number of aromatic amines is 1. The van der Waals surface area contributed by atoms with Crippen molar-refractivity contribution < 1.29 is 19.1 Å². The van der Waals surface area contributed by atoms with E-state index in [9.17, 15) is 9.59 Å². The molecule has 0 aliphatic carbocycles. The first-order valence-corrected chi connectivity index (χ1v) is 11.3. The van der Waals surface area contributed by atoms with E-state index in [0.717, 1.165) is 22.6 Å². The van der Waals surface area contributed by atoms with Crippen LogP contribution < -0.4 is 9.64 Å². The van der Waals surface area contributed by atoms with Crippen LogP contribution in [0.5, 0.6) is 5.75 Å². The van der Waals surface area contributed by atoms with Gasteiger partial charge in [0.2, 0.25) is 11.1 Å². The van der Waals surface area contributed by atoms with Crippen molar-refractivity contribution in [1.82, 2.24) is 15.2 Å². The van der Waals surface area contributed by atoms with Crippen molar-refractivity contribution in [2.75, 3.05) is 25.2 Å². The number of para-hydroxylation sites is 1. The van der Waals surface area contributed by atoms with Gasteiger partial charge in [0, 0.05) is 11.3 Å². The molecule has 0 bridgehead atoms. The van der Waals surface area contributed by atoms with Gasteiger partial charge in [-0.25, -0.2) is 4.98 Å². The van der Waals surface area contributed by atoms with E-state index in [1.54, 1.807) is 14.0 Å². The Morgan fingerprint density at radius 3 is 2.75 bits per heavy atom. The Hall–Kier alpha value is -3.33. The Morgan fingerprint density at radius 1 is 1.22 bits per heavy atom. The topological polar surface area (TPSA) is 97.4 Å². The Kier molecular flexibility index (Phi) is 6.75. The number of ether oxygens (including phenoxy) is 2. The molecule has 0 spiro atoms. The number of H-pyrrole nitrogens is 1. The smallest absolute Gasteiger partial charge is 0.326 e. The van der Waals surface area contributed by atoms with Gasteiger partial charge in [0.15, 0.2) is 5.82 Å². The number of thioether (sulfide) groups is 1. The number of rotatable bonds is 7. The number of nitrogens with zero attached hydrogens (tertiary/aromatic N) is 3. The summed E-state index contributed by atoms with van der Waals surface area (Å²) in [5, 5.41) is 7.29. The number of hydrogen-bond acceptors (Lipinski definition) is 7. The minimum Gasteiger partial charge on any atom is -0.497 e. The average molecular weight is 453 g/mol. The lowest BCUT2D eigenvalue weighted by Gasteiger charge is -2.24. The van der Waals surface area contributed by atoms with E-state index < -0.39 is 11.2 Å². The number of amides is 1. The summed E-state index contributed by atoms with van der Waals surface area (Å²) in [4.78, 5) is 31.7. The number of fused-ring (bicyclic) bond motifs is 1. The molecule has 9 heteroatoms. The SMILES string of the molecule is CCOC(=O)CN1C(=O)C(Sc2n[nH]c(-c3ccc(OC)cc3)n2)CCc2ccccc21. The minimum absolute atomic E-state index is 0.119. The van der Waals surface area contributed by atoms with Gasteiger partial charge in [-0.1, -0.05) is 30.0 Å². The molecule has 1 aromatic heterocycles. The van der Waals surface area contributed by atoms with E-state index in [4.69, 9.17) is 9.47 Å². The zero-order valence-corrected chi connectivity index (χ0v) is 18.7. The molecule has 166 valence electrons. The molecule has 2 aromatic carbocycles. The monoisotopic (exact) mass is 452 g/mol. The largest absolute Gasteiger partial charge is 0.497 e. The second-order valence-corrected chi connectivity index (χ2v) is 8.37. The summed E-state index contributed by atoms with van der Waals surface area (Å²) in [6, 6.07) is 15.2. The highest BCUT2D eigenvalue weighted by Crippen LogP contribution is 2.34. The maximum Gasteiger partial charge on any atom is 0.326 e. The van der Waals surface area contributed by atoms with E-state index in [2.05, 4.69) is 15.2 Å². The molecule has 1 amide bonds. The Balaban J connectivity index is 1.54. The summed E-state index contributed by atoms with van der Waals surface area (Å²) in [7, 11) is 1.62. The first kappa shape index (κ1) is 21.9. The number of nitrogens with one attached hydrogen (secondary N) is 1. The lowest BCUT2D eigenvalue weighted by Crippen LogP contribution is -2.41. The highest BCUT2D eigenvalue weighted by atomic mass is 32.2. The molecule has 2 heterocycles. The van der Waals surface area contributed by atoms with Crippen LogP contribution in [0.15, 0.2) is 53.7 Å². The Morgan fingerprint density at radius 2 is 2.00 bits per heavy atom. The van der Waals surface area contributed by atoms with Gasteiger partial charge in [-0.15, -0.1) is 5.10 Å². The molecule has 0 saturated carbocycles. The van der Waals surface area contributed by atoms with Gasteiger partial charge in [0.1, 0.15) is 12.3 Å². The number of carbonyl (C=O) groups is 2. The Bertz CT molecular complexity index is 1100. The fourth-order valence-electron chi connectivity index (χ4n) is 3.60. The van der Waals surface area contributed by atoms with Gasteiger partial charge in [-0.05, 0) is 55.7 Å². The normalized spacial score (nSPS) is 15.8. The molecule has 0 radical (unpaired) electrons. The van der Waals surface area contributed by atoms with Gasteiger partial charge in [-0.3, -0.25) is 19.6 Å². The highest BCUT2D eigenvalue weighted by Gasteiger charge is 2.33. The molecule has 8 nitrogen and oxygen atoms in total.